The third kappa shape index (κ3) is 10.4. The quantitative estimate of drug-likeness (QED) is 0.199. The van der Waals surface area contributed by atoms with Crippen LogP contribution in [0.15, 0.2) is 0 Å². The molecule has 0 aromatic carbocycles. The summed E-state index contributed by atoms with van der Waals surface area (Å²) in [6.07, 6.45) is 7.65. The Balaban J connectivity index is 4.81. The number of hydrogen-bond donors (Lipinski definition) is 0. The Hall–Kier alpha value is -0.810. The van der Waals surface area contributed by atoms with Crippen LogP contribution in [0.3, 0.4) is 0 Å². The van der Waals surface area contributed by atoms with E-state index in [2.05, 4.69) is 51.3 Å². The molecule has 0 aliphatic rings. The molecule has 2 unspecified atom stereocenters. The Bertz CT molecular complexity index is 301. The zero-order valence-corrected chi connectivity index (χ0v) is 18.3. The van der Waals surface area contributed by atoms with Gasteiger partial charge >= 0.3 is 6.16 Å². The van der Waals surface area contributed by atoms with Crippen LogP contribution in [0.1, 0.15) is 92.9 Å². The average molecular weight is 373 g/mol. The van der Waals surface area contributed by atoms with E-state index in [9.17, 15) is 4.79 Å². The molecule has 0 heterocycles. The van der Waals surface area contributed by atoms with Crippen LogP contribution in [0.5, 0.6) is 0 Å². The summed E-state index contributed by atoms with van der Waals surface area (Å²) in [6, 6.07) is 0. The molecule has 156 valence electrons. The van der Waals surface area contributed by atoms with Crippen LogP contribution in [0, 0.1) is 0 Å². The van der Waals surface area contributed by atoms with Crippen molar-refractivity contribution in [2.75, 3.05) is 26.2 Å². The van der Waals surface area contributed by atoms with E-state index in [4.69, 9.17) is 9.47 Å². The molecule has 26 heavy (non-hydrogen) atoms. The van der Waals surface area contributed by atoms with Gasteiger partial charge in [0.2, 0.25) is 0 Å². The summed E-state index contributed by atoms with van der Waals surface area (Å²) in [5, 5.41) is 0. The second-order valence-corrected chi connectivity index (χ2v) is 6.83. The molecule has 0 aromatic rings. The molecule has 0 aliphatic heterocycles. The molecule has 0 fully saturated rings. The van der Waals surface area contributed by atoms with E-state index in [1.54, 1.807) is 0 Å². The third-order valence-corrected chi connectivity index (χ3v) is 5.01. The van der Waals surface area contributed by atoms with E-state index in [0.717, 1.165) is 77.5 Å². The predicted octanol–water partition coefficient (Wildman–Crippen LogP) is 5.64. The fourth-order valence-corrected chi connectivity index (χ4v) is 3.28. The second kappa shape index (κ2) is 16.4. The molecule has 5 heteroatoms. The van der Waals surface area contributed by atoms with E-state index < -0.39 is 6.16 Å². The van der Waals surface area contributed by atoms with Crippen molar-refractivity contribution in [2.45, 2.75) is 105 Å². The molecular formula is C21H44N2O3. The molecule has 0 bridgehead atoms. The van der Waals surface area contributed by atoms with Crippen molar-refractivity contribution < 1.29 is 14.3 Å². The van der Waals surface area contributed by atoms with E-state index in [1.807, 2.05) is 0 Å². The molecule has 5 nitrogen and oxygen atoms in total. The number of carbonyl (C=O) groups is 1. The molecule has 0 aliphatic carbocycles. The highest BCUT2D eigenvalue weighted by atomic mass is 16.7. The molecule has 0 radical (unpaired) electrons. The van der Waals surface area contributed by atoms with Gasteiger partial charge in [0.05, 0.1) is 0 Å². The van der Waals surface area contributed by atoms with Crippen molar-refractivity contribution in [3.05, 3.63) is 0 Å². The van der Waals surface area contributed by atoms with Gasteiger partial charge in [-0.25, -0.2) is 4.79 Å². The fraction of sp³-hybridized carbons (Fsp3) is 0.952. The molecule has 0 saturated carbocycles. The van der Waals surface area contributed by atoms with Gasteiger partial charge in [-0.1, -0.05) is 67.2 Å². The predicted molar refractivity (Wildman–Crippen MR) is 109 cm³/mol. The minimum atomic E-state index is -0.521. The topological polar surface area (TPSA) is 42.0 Å². The van der Waals surface area contributed by atoms with Crippen LogP contribution in [-0.2, 0) is 9.47 Å². The maximum absolute atomic E-state index is 12.5. The monoisotopic (exact) mass is 372 g/mol. The lowest BCUT2D eigenvalue weighted by atomic mass is 10.2. The lowest BCUT2D eigenvalue weighted by Crippen LogP contribution is -2.42. The van der Waals surface area contributed by atoms with E-state index in [1.165, 1.54) is 0 Å². The van der Waals surface area contributed by atoms with Gasteiger partial charge in [0.15, 0.2) is 12.5 Å². The first kappa shape index (κ1) is 25.2. The Morgan fingerprint density at radius 1 is 0.654 bits per heavy atom. The molecule has 0 spiro atoms. The van der Waals surface area contributed by atoms with Crippen molar-refractivity contribution >= 4 is 6.16 Å². The van der Waals surface area contributed by atoms with Gasteiger partial charge in [-0.05, 0) is 51.9 Å². The molecule has 0 N–H and O–H groups in total. The number of unbranched alkanes of at least 4 members (excludes halogenated alkanes) is 4. The fourth-order valence-electron chi connectivity index (χ4n) is 3.28. The van der Waals surface area contributed by atoms with Gasteiger partial charge in [-0.15, -0.1) is 0 Å². The molecule has 0 rings (SSSR count). The summed E-state index contributed by atoms with van der Waals surface area (Å²) < 4.78 is 11.5. The smallest absolute Gasteiger partial charge is 0.415 e. The third-order valence-electron chi connectivity index (χ3n) is 5.01. The molecule has 0 saturated heterocycles. The first-order valence-corrected chi connectivity index (χ1v) is 10.9. The summed E-state index contributed by atoms with van der Waals surface area (Å²) in [6.45, 7) is 16.3. The van der Waals surface area contributed by atoms with Crippen LogP contribution in [-0.4, -0.2) is 54.6 Å². The van der Waals surface area contributed by atoms with Crippen molar-refractivity contribution in [3.8, 4) is 0 Å². The van der Waals surface area contributed by atoms with Crippen LogP contribution < -0.4 is 0 Å². The van der Waals surface area contributed by atoms with E-state index in [0.29, 0.717) is 0 Å². The van der Waals surface area contributed by atoms with Gasteiger partial charge in [0.25, 0.3) is 0 Å². The first-order chi connectivity index (χ1) is 12.6. The highest BCUT2D eigenvalue weighted by Gasteiger charge is 2.25. The van der Waals surface area contributed by atoms with Crippen LogP contribution >= 0.6 is 0 Å². The minimum absolute atomic E-state index is 0.183. The SMILES string of the molecule is CCCCCC(OC(=O)OC(CCCCC)N(CC)CC)N(CC)CC. The maximum Gasteiger partial charge on any atom is 0.511 e. The number of hydrogen-bond acceptors (Lipinski definition) is 5. The van der Waals surface area contributed by atoms with Crippen LogP contribution in [0.25, 0.3) is 0 Å². The number of nitrogens with zero attached hydrogens (tertiary/aromatic N) is 2. The molecule has 0 amide bonds. The van der Waals surface area contributed by atoms with Gasteiger partial charge in [0.1, 0.15) is 0 Å². The zero-order chi connectivity index (χ0) is 19.8. The normalized spacial score (nSPS) is 13.8. The maximum atomic E-state index is 12.5. The number of rotatable bonds is 16. The number of ether oxygens (including phenoxy) is 2. The second-order valence-electron chi connectivity index (χ2n) is 6.83. The standard InChI is InChI=1S/C21H44N2O3/c1-7-13-15-17-19(22(9-3)10-4)25-21(24)26-20(18-16-14-8-2)23(11-5)12-6/h19-20H,7-18H2,1-6H3. The lowest BCUT2D eigenvalue weighted by Gasteiger charge is -2.32. The summed E-state index contributed by atoms with van der Waals surface area (Å²) in [5.74, 6) is 0. The lowest BCUT2D eigenvalue weighted by molar-refractivity contribution is -0.0910. The van der Waals surface area contributed by atoms with Gasteiger partial charge in [-0.3, -0.25) is 9.80 Å². The van der Waals surface area contributed by atoms with Crippen molar-refractivity contribution in [1.29, 1.82) is 0 Å². The largest absolute Gasteiger partial charge is 0.511 e. The van der Waals surface area contributed by atoms with Gasteiger partial charge in [0, 0.05) is 0 Å². The average Bonchev–Trinajstić information content (AvgIpc) is 2.63. The first-order valence-electron chi connectivity index (χ1n) is 10.9. The highest BCUT2D eigenvalue weighted by molar-refractivity contribution is 5.60. The Kier molecular flexibility index (Phi) is 15.9. The molecule has 0 aromatic heterocycles. The van der Waals surface area contributed by atoms with E-state index in [-0.39, 0.29) is 12.5 Å². The minimum Gasteiger partial charge on any atom is -0.415 e. The summed E-state index contributed by atoms with van der Waals surface area (Å²) in [7, 11) is 0. The van der Waals surface area contributed by atoms with Crippen molar-refractivity contribution in [2.24, 2.45) is 0 Å². The van der Waals surface area contributed by atoms with E-state index >= 15 is 0 Å². The Morgan fingerprint density at radius 3 is 1.27 bits per heavy atom. The summed E-state index contributed by atoms with van der Waals surface area (Å²) >= 11 is 0. The Morgan fingerprint density at radius 2 is 1.00 bits per heavy atom. The Labute approximate surface area is 162 Å². The summed E-state index contributed by atoms with van der Waals surface area (Å²) in [4.78, 5) is 16.9. The van der Waals surface area contributed by atoms with Crippen LogP contribution in [0.4, 0.5) is 4.79 Å². The highest BCUT2D eigenvalue weighted by Crippen LogP contribution is 2.16. The van der Waals surface area contributed by atoms with Gasteiger partial charge < -0.3 is 9.47 Å². The van der Waals surface area contributed by atoms with Crippen molar-refractivity contribution in [1.82, 2.24) is 9.80 Å². The van der Waals surface area contributed by atoms with Crippen molar-refractivity contribution in [3.63, 3.8) is 0 Å². The molecule has 2 atom stereocenters. The molecular weight excluding hydrogens is 328 g/mol. The van der Waals surface area contributed by atoms with Gasteiger partial charge in [-0.2, -0.15) is 0 Å². The number of carbonyl (C=O) groups excluding carboxylic acids is 1. The van der Waals surface area contributed by atoms with Crippen LogP contribution in [0.2, 0.25) is 0 Å². The zero-order valence-electron chi connectivity index (χ0n) is 18.3. The summed E-state index contributed by atoms with van der Waals surface area (Å²) in [5.41, 5.74) is 0.